The molecule has 3 heterocycles. The molecule has 10 heteroatoms. The summed E-state index contributed by atoms with van der Waals surface area (Å²) in [5.74, 6) is -0.398. The third-order valence-electron chi connectivity index (χ3n) is 7.97. The summed E-state index contributed by atoms with van der Waals surface area (Å²) in [4.78, 5) is 43.3. The molecule has 0 radical (unpaired) electrons. The van der Waals surface area contributed by atoms with Crippen molar-refractivity contribution in [2.45, 2.75) is 81.6 Å². The van der Waals surface area contributed by atoms with E-state index in [1.54, 1.807) is 24.3 Å². The van der Waals surface area contributed by atoms with Gasteiger partial charge in [0, 0.05) is 41.6 Å². The lowest BCUT2D eigenvalue weighted by Crippen LogP contribution is -2.50. The van der Waals surface area contributed by atoms with E-state index in [1.807, 2.05) is 6.07 Å². The van der Waals surface area contributed by atoms with E-state index in [0.29, 0.717) is 35.2 Å². The van der Waals surface area contributed by atoms with E-state index in [9.17, 15) is 19.5 Å². The van der Waals surface area contributed by atoms with Gasteiger partial charge in [0.2, 0.25) is 5.91 Å². The number of piperidine rings is 1. The molecule has 0 unspecified atom stereocenters. The van der Waals surface area contributed by atoms with Crippen molar-refractivity contribution in [2.75, 3.05) is 10.2 Å². The van der Waals surface area contributed by atoms with Gasteiger partial charge in [-0.25, -0.2) is 4.98 Å². The van der Waals surface area contributed by atoms with Crippen molar-refractivity contribution in [2.24, 2.45) is 11.5 Å². The number of aliphatic hydroxyl groups is 1. The molecule has 196 valence electrons. The molecule has 1 aromatic carbocycles. The van der Waals surface area contributed by atoms with E-state index in [-0.39, 0.29) is 36.2 Å². The van der Waals surface area contributed by atoms with Gasteiger partial charge in [0.15, 0.2) is 0 Å². The molecule has 1 aromatic heterocycles. The molecule has 2 saturated heterocycles. The Bertz CT molecular complexity index is 1160. The second-order valence-corrected chi connectivity index (χ2v) is 10.5. The number of benzene rings is 1. The number of fused-ring (bicyclic) bond motifs is 2. The molecular formula is C27H34N6O4. The molecule has 1 aliphatic carbocycles. The first-order valence-electron chi connectivity index (χ1n) is 13.0. The standard InChI is InChI=1S/C27H34N6O4/c28-25(35)16-2-10-24(30-14-16)33-19-5-6-20(33)13-18(12-19)32-27(37)15-1-9-22(26(29)36)23(11-15)31-17-3-7-21(34)8-4-17/h1-2,9-11,14,17-21,31,34H,3-8,12-13H2,(H2,28,35)(H2,29,36)(H,32,37)/t17?,18-,19+,20-,21?. The molecule has 3 fully saturated rings. The van der Waals surface area contributed by atoms with E-state index in [4.69, 9.17) is 11.5 Å². The Morgan fingerprint density at radius 3 is 2.14 bits per heavy atom. The Morgan fingerprint density at radius 2 is 1.54 bits per heavy atom. The molecule has 2 aliphatic heterocycles. The average Bonchev–Trinajstić information content (AvgIpc) is 3.15. The fourth-order valence-electron chi connectivity index (χ4n) is 6.08. The number of pyridine rings is 1. The van der Waals surface area contributed by atoms with Gasteiger partial charge in [-0.1, -0.05) is 0 Å². The SMILES string of the molecule is NC(=O)c1ccc(N2[C@@H]3CC[C@H]2C[C@@H](NC(=O)c2ccc(C(N)=O)c(NC4CCC(O)CC4)c2)C3)nc1. The van der Waals surface area contributed by atoms with Crippen LogP contribution >= 0.6 is 0 Å². The van der Waals surface area contributed by atoms with Crippen molar-refractivity contribution in [1.29, 1.82) is 0 Å². The Kier molecular flexibility index (Phi) is 7.01. The van der Waals surface area contributed by atoms with E-state index in [2.05, 4.69) is 20.5 Å². The van der Waals surface area contributed by atoms with Crippen LogP contribution in [0, 0.1) is 0 Å². The summed E-state index contributed by atoms with van der Waals surface area (Å²) in [5, 5.41) is 16.4. The van der Waals surface area contributed by atoms with Crippen LogP contribution < -0.4 is 27.0 Å². The fourth-order valence-corrected chi connectivity index (χ4v) is 6.08. The second-order valence-electron chi connectivity index (χ2n) is 10.5. The van der Waals surface area contributed by atoms with Crippen molar-refractivity contribution in [1.82, 2.24) is 10.3 Å². The lowest BCUT2D eigenvalue weighted by atomic mass is 9.92. The molecular weight excluding hydrogens is 472 g/mol. The highest BCUT2D eigenvalue weighted by atomic mass is 16.3. The smallest absolute Gasteiger partial charge is 0.251 e. The molecule has 10 nitrogen and oxygen atoms in total. The van der Waals surface area contributed by atoms with Crippen molar-refractivity contribution < 1.29 is 19.5 Å². The molecule has 5 rings (SSSR count). The zero-order valence-corrected chi connectivity index (χ0v) is 20.7. The Morgan fingerprint density at radius 1 is 0.865 bits per heavy atom. The van der Waals surface area contributed by atoms with E-state index in [1.165, 1.54) is 6.20 Å². The molecule has 2 bridgehead atoms. The summed E-state index contributed by atoms with van der Waals surface area (Å²) in [6.07, 6.45) is 7.87. The molecule has 3 aliphatic rings. The predicted molar refractivity (Wildman–Crippen MR) is 139 cm³/mol. The largest absolute Gasteiger partial charge is 0.393 e. The maximum Gasteiger partial charge on any atom is 0.251 e. The lowest BCUT2D eigenvalue weighted by molar-refractivity contribution is 0.0924. The van der Waals surface area contributed by atoms with Gasteiger partial charge in [-0.2, -0.15) is 0 Å². The number of aromatic nitrogens is 1. The molecule has 0 spiro atoms. The van der Waals surface area contributed by atoms with Crippen LogP contribution in [0.25, 0.3) is 0 Å². The number of nitrogens with one attached hydrogen (secondary N) is 2. The minimum Gasteiger partial charge on any atom is -0.393 e. The number of hydrogen-bond acceptors (Lipinski definition) is 7. The second kappa shape index (κ2) is 10.4. The summed E-state index contributed by atoms with van der Waals surface area (Å²) in [6, 6.07) is 9.14. The monoisotopic (exact) mass is 506 g/mol. The molecule has 1 saturated carbocycles. The quantitative estimate of drug-likeness (QED) is 0.383. The van der Waals surface area contributed by atoms with Gasteiger partial charge in [0.25, 0.3) is 11.8 Å². The van der Waals surface area contributed by atoms with Crippen LogP contribution in [0.5, 0.6) is 0 Å². The minimum absolute atomic E-state index is 0.0261. The summed E-state index contributed by atoms with van der Waals surface area (Å²) in [5.41, 5.74) is 12.7. The molecule has 3 atom stereocenters. The van der Waals surface area contributed by atoms with Crippen molar-refractivity contribution >= 4 is 29.2 Å². The van der Waals surface area contributed by atoms with Crippen LogP contribution in [0.2, 0.25) is 0 Å². The first kappa shape index (κ1) is 25.0. The lowest BCUT2D eigenvalue weighted by Gasteiger charge is -2.40. The maximum atomic E-state index is 13.2. The molecule has 2 aromatic rings. The van der Waals surface area contributed by atoms with E-state index >= 15 is 0 Å². The average molecular weight is 507 g/mol. The molecule has 7 N–H and O–H groups in total. The van der Waals surface area contributed by atoms with Crippen LogP contribution in [0.1, 0.15) is 82.4 Å². The first-order chi connectivity index (χ1) is 17.8. The highest BCUT2D eigenvalue weighted by molar-refractivity contribution is 6.02. The first-order valence-corrected chi connectivity index (χ1v) is 13.0. The van der Waals surface area contributed by atoms with Crippen molar-refractivity contribution in [3.05, 3.63) is 53.2 Å². The Balaban J connectivity index is 1.25. The number of anilines is 2. The maximum absolute atomic E-state index is 13.2. The number of nitrogens with two attached hydrogens (primary N) is 2. The number of rotatable bonds is 7. The fraction of sp³-hybridized carbons (Fsp3) is 0.481. The molecule has 37 heavy (non-hydrogen) atoms. The zero-order valence-electron chi connectivity index (χ0n) is 20.7. The zero-order chi connectivity index (χ0) is 26.1. The highest BCUT2D eigenvalue weighted by Crippen LogP contribution is 2.38. The van der Waals surface area contributed by atoms with Gasteiger partial charge in [0.1, 0.15) is 5.82 Å². The highest BCUT2D eigenvalue weighted by Gasteiger charge is 2.41. The summed E-state index contributed by atoms with van der Waals surface area (Å²) < 4.78 is 0. The van der Waals surface area contributed by atoms with Crippen molar-refractivity contribution in [3.63, 3.8) is 0 Å². The third-order valence-corrected chi connectivity index (χ3v) is 7.97. The van der Waals surface area contributed by atoms with Gasteiger partial charge in [0.05, 0.1) is 17.2 Å². The van der Waals surface area contributed by atoms with Crippen LogP contribution in [0.4, 0.5) is 11.5 Å². The van der Waals surface area contributed by atoms with Gasteiger partial charge in [-0.05, 0) is 81.7 Å². The number of amides is 3. The normalized spacial score (nSPS) is 26.9. The number of aliphatic hydroxyl groups excluding tert-OH is 1. The Labute approximate surface area is 215 Å². The van der Waals surface area contributed by atoms with Gasteiger partial charge in [-0.3, -0.25) is 14.4 Å². The topological polar surface area (TPSA) is 164 Å². The van der Waals surface area contributed by atoms with Crippen LogP contribution in [0.3, 0.4) is 0 Å². The van der Waals surface area contributed by atoms with Crippen LogP contribution in [-0.2, 0) is 0 Å². The number of primary amides is 2. The summed E-state index contributed by atoms with van der Waals surface area (Å²) in [6.45, 7) is 0. The molecule has 3 amide bonds. The van der Waals surface area contributed by atoms with Crippen LogP contribution in [0.15, 0.2) is 36.5 Å². The number of carbonyl (C=O) groups excluding carboxylic acids is 3. The number of carbonyl (C=O) groups is 3. The Hall–Kier alpha value is -3.66. The van der Waals surface area contributed by atoms with E-state index < -0.39 is 11.8 Å². The van der Waals surface area contributed by atoms with Gasteiger partial charge in [-0.15, -0.1) is 0 Å². The van der Waals surface area contributed by atoms with Gasteiger partial charge < -0.3 is 32.1 Å². The summed E-state index contributed by atoms with van der Waals surface area (Å²) in [7, 11) is 0. The minimum atomic E-state index is -0.549. The number of nitrogens with zero attached hydrogens (tertiary/aromatic N) is 2. The van der Waals surface area contributed by atoms with Gasteiger partial charge >= 0.3 is 0 Å². The third kappa shape index (κ3) is 5.39. The number of hydrogen-bond donors (Lipinski definition) is 5. The van der Waals surface area contributed by atoms with Crippen molar-refractivity contribution in [3.8, 4) is 0 Å². The van der Waals surface area contributed by atoms with Crippen LogP contribution in [-0.4, -0.2) is 58.1 Å². The summed E-state index contributed by atoms with van der Waals surface area (Å²) >= 11 is 0. The van der Waals surface area contributed by atoms with E-state index in [0.717, 1.165) is 44.3 Å². The predicted octanol–water partition coefficient (Wildman–Crippen LogP) is 1.92.